The molecule has 0 radical (unpaired) electrons. The third kappa shape index (κ3) is 4.58. The molecule has 0 N–H and O–H groups in total. The quantitative estimate of drug-likeness (QED) is 0.719. The molecule has 2 aromatic rings. The van der Waals surface area contributed by atoms with Gasteiger partial charge in [0.25, 0.3) is 5.56 Å². The Balaban J connectivity index is 1.74. The summed E-state index contributed by atoms with van der Waals surface area (Å²) in [5.41, 5.74) is 0.851. The van der Waals surface area contributed by atoms with E-state index in [-0.39, 0.29) is 10.5 Å². The standard InChI is InChI=1S/C19H25N3O4S/c1-20(13-16-5-7-17(26-2)8-6-16)15-21-14-18(9-10-19(21)23)27(24,25)22-11-3-4-12-22/h5-10,14H,3-4,11-13,15H2,1-2H3. The molecule has 1 aliphatic heterocycles. The van der Waals surface area contributed by atoms with Gasteiger partial charge in [-0.2, -0.15) is 4.31 Å². The third-order valence-electron chi connectivity index (χ3n) is 4.66. The minimum atomic E-state index is -3.54. The van der Waals surface area contributed by atoms with Crippen LogP contribution in [0.1, 0.15) is 18.4 Å². The van der Waals surface area contributed by atoms with Gasteiger partial charge in [-0.3, -0.25) is 9.69 Å². The fourth-order valence-electron chi connectivity index (χ4n) is 3.20. The van der Waals surface area contributed by atoms with Crippen molar-refractivity contribution < 1.29 is 13.2 Å². The second-order valence-electron chi connectivity index (χ2n) is 6.79. The van der Waals surface area contributed by atoms with Crippen molar-refractivity contribution in [3.63, 3.8) is 0 Å². The molecule has 27 heavy (non-hydrogen) atoms. The van der Waals surface area contributed by atoms with E-state index in [1.54, 1.807) is 7.11 Å². The summed E-state index contributed by atoms with van der Waals surface area (Å²) in [4.78, 5) is 14.3. The Morgan fingerprint density at radius 2 is 1.74 bits per heavy atom. The molecule has 8 heteroatoms. The number of benzene rings is 1. The average Bonchev–Trinajstić information content (AvgIpc) is 3.19. The number of hydrogen-bond donors (Lipinski definition) is 0. The van der Waals surface area contributed by atoms with E-state index in [4.69, 9.17) is 4.74 Å². The van der Waals surface area contributed by atoms with Gasteiger partial charge in [0, 0.05) is 31.9 Å². The minimum absolute atomic E-state index is 0.168. The first kappa shape index (κ1) is 19.6. The van der Waals surface area contributed by atoms with Crippen LogP contribution in [0, 0.1) is 0 Å². The van der Waals surface area contributed by atoms with E-state index in [2.05, 4.69) is 0 Å². The molecule has 2 heterocycles. The van der Waals surface area contributed by atoms with Crippen molar-refractivity contribution in [3.8, 4) is 5.75 Å². The van der Waals surface area contributed by atoms with Crippen LogP contribution in [-0.2, 0) is 23.2 Å². The van der Waals surface area contributed by atoms with Crippen LogP contribution in [0.25, 0.3) is 0 Å². The van der Waals surface area contributed by atoms with Crippen LogP contribution >= 0.6 is 0 Å². The molecular weight excluding hydrogens is 366 g/mol. The van der Waals surface area contributed by atoms with Crippen molar-refractivity contribution in [2.75, 3.05) is 27.2 Å². The molecule has 3 rings (SSSR count). The largest absolute Gasteiger partial charge is 0.497 e. The first-order valence-corrected chi connectivity index (χ1v) is 10.4. The Morgan fingerprint density at radius 1 is 1.07 bits per heavy atom. The maximum atomic E-state index is 12.7. The Bertz CT molecular complexity index is 932. The average molecular weight is 391 g/mol. The smallest absolute Gasteiger partial charge is 0.251 e. The summed E-state index contributed by atoms with van der Waals surface area (Å²) in [5.74, 6) is 0.789. The highest BCUT2D eigenvalue weighted by molar-refractivity contribution is 7.89. The molecule has 0 saturated carbocycles. The van der Waals surface area contributed by atoms with E-state index in [1.165, 1.54) is 27.2 Å². The van der Waals surface area contributed by atoms with Gasteiger partial charge in [0.15, 0.2) is 0 Å². The summed E-state index contributed by atoms with van der Waals surface area (Å²) in [5, 5.41) is 0. The predicted octanol–water partition coefficient (Wildman–Crippen LogP) is 1.73. The van der Waals surface area contributed by atoms with Crippen molar-refractivity contribution >= 4 is 10.0 Å². The highest BCUT2D eigenvalue weighted by Gasteiger charge is 2.27. The van der Waals surface area contributed by atoms with Gasteiger partial charge >= 0.3 is 0 Å². The molecular formula is C19H25N3O4S. The van der Waals surface area contributed by atoms with Crippen molar-refractivity contribution in [2.45, 2.75) is 31.0 Å². The lowest BCUT2D eigenvalue weighted by molar-refractivity contribution is 0.255. The summed E-state index contributed by atoms with van der Waals surface area (Å²) in [6.45, 7) is 2.01. The number of aromatic nitrogens is 1. The van der Waals surface area contributed by atoms with E-state index >= 15 is 0 Å². The van der Waals surface area contributed by atoms with Crippen LogP contribution in [0.2, 0.25) is 0 Å². The molecule has 0 atom stereocenters. The zero-order chi connectivity index (χ0) is 19.4. The summed E-state index contributed by atoms with van der Waals surface area (Å²) in [6.07, 6.45) is 3.20. The van der Waals surface area contributed by atoms with E-state index < -0.39 is 10.0 Å². The molecule has 1 saturated heterocycles. The maximum absolute atomic E-state index is 12.7. The molecule has 1 fully saturated rings. The van der Waals surface area contributed by atoms with Gasteiger partial charge in [0.2, 0.25) is 10.0 Å². The van der Waals surface area contributed by atoms with Crippen molar-refractivity contribution in [1.82, 2.24) is 13.8 Å². The van der Waals surface area contributed by atoms with Gasteiger partial charge in [-0.05, 0) is 43.7 Å². The summed E-state index contributed by atoms with van der Waals surface area (Å²) in [6, 6.07) is 10.4. The molecule has 146 valence electrons. The zero-order valence-corrected chi connectivity index (χ0v) is 16.5. The molecule has 0 unspecified atom stereocenters. The lowest BCUT2D eigenvalue weighted by Gasteiger charge is -2.20. The topological polar surface area (TPSA) is 71.8 Å². The Hall–Kier alpha value is -2.16. The zero-order valence-electron chi connectivity index (χ0n) is 15.7. The number of pyridine rings is 1. The van der Waals surface area contributed by atoms with E-state index in [0.717, 1.165) is 24.2 Å². The monoisotopic (exact) mass is 391 g/mol. The number of nitrogens with zero attached hydrogens (tertiary/aromatic N) is 3. The Labute approximate surface area is 159 Å². The third-order valence-corrected chi connectivity index (χ3v) is 6.55. The van der Waals surface area contributed by atoms with Gasteiger partial charge in [-0.15, -0.1) is 0 Å². The molecule has 0 aliphatic carbocycles. The molecule has 1 aromatic heterocycles. The fraction of sp³-hybridized carbons (Fsp3) is 0.421. The number of ether oxygens (including phenoxy) is 1. The second-order valence-corrected chi connectivity index (χ2v) is 8.73. The molecule has 7 nitrogen and oxygen atoms in total. The van der Waals surface area contributed by atoms with Crippen LogP contribution in [-0.4, -0.2) is 49.4 Å². The van der Waals surface area contributed by atoms with Crippen molar-refractivity contribution in [2.24, 2.45) is 0 Å². The fourth-order valence-corrected chi connectivity index (χ4v) is 4.74. The minimum Gasteiger partial charge on any atom is -0.497 e. The Morgan fingerprint density at radius 3 is 2.37 bits per heavy atom. The summed E-state index contributed by atoms with van der Waals surface area (Å²) in [7, 11) is -0.0302. The van der Waals surface area contributed by atoms with Crippen LogP contribution in [0.4, 0.5) is 0 Å². The second kappa shape index (κ2) is 8.24. The molecule has 1 aromatic carbocycles. The number of hydrogen-bond acceptors (Lipinski definition) is 5. The molecule has 0 spiro atoms. The number of sulfonamides is 1. The molecule has 0 amide bonds. The van der Waals surface area contributed by atoms with E-state index in [0.29, 0.717) is 26.3 Å². The lowest BCUT2D eigenvalue weighted by Crippen LogP contribution is -2.32. The van der Waals surface area contributed by atoms with Crippen molar-refractivity contribution in [3.05, 3.63) is 58.5 Å². The van der Waals surface area contributed by atoms with Gasteiger partial charge in [-0.1, -0.05) is 12.1 Å². The highest BCUT2D eigenvalue weighted by Crippen LogP contribution is 2.20. The van der Waals surface area contributed by atoms with Gasteiger partial charge in [-0.25, -0.2) is 8.42 Å². The van der Waals surface area contributed by atoms with Crippen molar-refractivity contribution in [1.29, 1.82) is 0 Å². The first-order chi connectivity index (χ1) is 12.9. The maximum Gasteiger partial charge on any atom is 0.251 e. The molecule has 1 aliphatic rings. The first-order valence-electron chi connectivity index (χ1n) is 8.92. The summed E-state index contributed by atoms with van der Waals surface area (Å²) < 4.78 is 33.5. The van der Waals surface area contributed by atoms with Gasteiger partial charge in [0.05, 0.1) is 18.7 Å². The van der Waals surface area contributed by atoms with E-state index in [1.807, 2.05) is 36.2 Å². The van der Waals surface area contributed by atoms with Crippen LogP contribution in [0.3, 0.4) is 0 Å². The SMILES string of the molecule is COc1ccc(CN(C)Cn2cc(S(=O)(=O)N3CCCC3)ccc2=O)cc1. The Kier molecular flexibility index (Phi) is 5.98. The van der Waals surface area contributed by atoms with Crippen LogP contribution in [0.15, 0.2) is 52.3 Å². The summed E-state index contributed by atoms with van der Waals surface area (Å²) >= 11 is 0. The molecule has 0 bridgehead atoms. The van der Waals surface area contributed by atoms with Crippen LogP contribution < -0.4 is 10.3 Å². The normalized spacial score (nSPS) is 15.4. The highest BCUT2D eigenvalue weighted by atomic mass is 32.2. The van der Waals surface area contributed by atoms with E-state index in [9.17, 15) is 13.2 Å². The number of rotatable bonds is 7. The number of methoxy groups -OCH3 is 1. The van der Waals surface area contributed by atoms with Gasteiger partial charge < -0.3 is 9.30 Å². The van der Waals surface area contributed by atoms with Crippen LogP contribution in [0.5, 0.6) is 5.75 Å². The predicted molar refractivity (Wildman–Crippen MR) is 103 cm³/mol. The van der Waals surface area contributed by atoms with Gasteiger partial charge in [0.1, 0.15) is 5.75 Å². The lowest BCUT2D eigenvalue weighted by atomic mass is 10.2.